The van der Waals surface area contributed by atoms with Crippen LogP contribution < -0.4 is 10.1 Å². The second-order valence-corrected chi connectivity index (χ2v) is 5.67. The molecule has 0 bridgehead atoms. The molecular formula is C16H10BrF2N3O2. The third kappa shape index (κ3) is 3.48. The van der Waals surface area contributed by atoms with Gasteiger partial charge in [-0.1, -0.05) is 28.1 Å². The Balaban J connectivity index is 1.88. The van der Waals surface area contributed by atoms with Crippen molar-refractivity contribution >= 4 is 39.5 Å². The number of rotatable bonds is 4. The predicted octanol–water partition coefficient (Wildman–Crippen LogP) is 3.83. The molecule has 122 valence electrons. The Bertz CT molecular complexity index is 853. The van der Waals surface area contributed by atoms with Gasteiger partial charge in [0, 0.05) is 15.6 Å². The van der Waals surface area contributed by atoms with Crippen LogP contribution in [0.5, 0.6) is 5.75 Å². The second-order valence-electron chi connectivity index (χ2n) is 4.75. The van der Waals surface area contributed by atoms with Crippen molar-refractivity contribution < 1.29 is 18.3 Å². The summed E-state index contributed by atoms with van der Waals surface area (Å²) in [4.78, 5) is 11.9. The maximum absolute atomic E-state index is 12.4. The summed E-state index contributed by atoms with van der Waals surface area (Å²) in [5.74, 6) is -0.396. The molecule has 0 atom stereocenters. The number of nitrogens with zero attached hydrogens (tertiary/aromatic N) is 2. The van der Waals surface area contributed by atoms with Gasteiger partial charge in [0.15, 0.2) is 5.71 Å². The number of benzene rings is 2. The Morgan fingerprint density at radius 1 is 1.21 bits per heavy atom. The Kier molecular flexibility index (Phi) is 4.66. The molecule has 1 N–H and O–H groups in total. The number of carbonyl (C=O) groups excluding carboxylic acids is 1. The number of alkyl halides is 2. The lowest BCUT2D eigenvalue weighted by Gasteiger charge is -2.06. The number of halogens is 3. The van der Waals surface area contributed by atoms with Crippen LogP contribution in [0.1, 0.15) is 11.1 Å². The molecule has 5 nitrogen and oxygen atoms in total. The lowest BCUT2D eigenvalue weighted by Crippen LogP contribution is -2.13. The molecule has 0 spiro atoms. The Hall–Kier alpha value is -2.61. The number of hydrogen-bond acceptors (Lipinski definition) is 4. The highest BCUT2D eigenvalue weighted by atomic mass is 79.9. The third-order valence-corrected chi connectivity index (χ3v) is 3.68. The lowest BCUT2D eigenvalue weighted by molar-refractivity contribution is -0.110. The highest BCUT2D eigenvalue weighted by molar-refractivity contribution is 9.10. The van der Waals surface area contributed by atoms with E-state index in [2.05, 4.69) is 36.2 Å². The van der Waals surface area contributed by atoms with Gasteiger partial charge in [-0.25, -0.2) is 0 Å². The quantitative estimate of drug-likeness (QED) is 0.633. The number of fused-ring (bicyclic) bond motifs is 1. The average Bonchev–Trinajstić information content (AvgIpc) is 2.84. The van der Waals surface area contributed by atoms with E-state index in [9.17, 15) is 13.6 Å². The number of ether oxygens (including phenoxy) is 1. The zero-order chi connectivity index (χ0) is 17.1. The van der Waals surface area contributed by atoms with Crippen LogP contribution in [0, 0.1) is 0 Å². The molecule has 0 radical (unpaired) electrons. The first-order valence-corrected chi connectivity index (χ1v) is 7.60. The van der Waals surface area contributed by atoms with E-state index in [0.29, 0.717) is 16.8 Å². The minimum Gasteiger partial charge on any atom is -0.434 e. The van der Waals surface area contributed by atoms with Crippen molar-refractivity contribution in [2.45, 2.75) is 6.61 Å². The molecule has 0 unspecified atom stereocenters. The number of anilines is 1. The van der Waals surface area contributed by atoms with Crippen LogP contribution in [0.15, 0.2) is 57.1 Å². The molecule has 2 aromatic rings. The van der Waals surface area contributed by atoms with Crippen LogP contribution in [-0.4, -0.2) is 24.4 Å². The molecule has 1 amide bonds. The molecule has 0 fully saturated rings. The summed E-state index contributed by atoms with van der Waals surface area (Å²) in [6.45, 7) is -2.93. The maximum atomic E-state index is 12.4. The standard InChI is InChI=1S/C16H10BrF2N3O2/c17-10-5-6-12-11(7-10)14(15(23)21-12)22-20-8-9-3-1-2-4-13(9)24-16(18)19/h1-8,16H,(H,21,22,23). The van der Waals surface area contributed by atoms with E-state index < -0.39 is 6.61 Å². The Morgan fingerprint density at radius 3 is 2.79 bits per heavy atom. The van der Waals surface area contributed by atoms with Gasteiger partial charge in [0.05, 0.1) is 11.9 Å². The van der Waals surface area contributed by atoms with E-state index >= 15 is 0 Å². The fourth-order valence-corrected chi connectivity index (χ4v) is 2.52. The molecule has 1 aliphatic rings. The van der Waals surface area contributed by atoms with Crippen molar-refractivity contribution in [1.82, 2.24) is 0 Å². The van der Waals surface area contributed by atoms with Crippen LogP contribution in [0.2, 0.25) is 0 Å². The van der Waals surface area contributed by atoms with Gasteiger partial charge in [0.25, 0.3) is 5.91 Å². The Morgan fingerprint density at radius 2 is 2.00 bits per heavy atom. The smallest absolute Gasteiger partial charge is 0.387 e. The summed E-state index contributed by atoms with van der Waals surface area (Å²) in [6, 6.07) is 11.5. The summed E-state index contributed by atoms with van der Waals surface area (Å²) in [7, 11) is 0. The monoisotopic (exact) mass is 393 g/mol. The minimum absolute atomic E-state index is 0.0181. The molecule has 0 saturated heterocycles. The van der Waals surface area contributed by atoms with E-state index in [-0.39, 0.29) is 17.4 Å². The van der Waals surface area contributed by atoms with Crippen LogP contribution in [0.25, 0.3) is 0 Å². The van der Waals surface area contributed by atoms with Crippen molar-refractivity contribution in [3.8, 4) is 5.75 Å². The van der Waals surface area contributed by atoms with Crippen LogP contribution >= 0.6 is 15.9 Å². The predicted molar refractivity (Wildman–Crippen MR) is 90.0 cm³/mol. The number of carbonyl (C=O) groups is 1. The van der Waals surface area contributed by atoms with Crippen molar-refractivity contribution in [3.05, 3.63) is 58.1 Å². The fraction of sp³-hybridized carbons (Fsp3) is 0.0625. The van der Waals surface area contributed by atoms with Crippen LogP contribution in [0.3, 0.4) is 0 Å². The van der Waals surface area contributed by atoms with Gasteiger partial charge in [-0.05, 0) is 30.3 Å². The second kappa shape index (κ2) is 6.88. The van der Waals surface area contributed by atoms with Gasteiger partial charge in [-0.3, -0.25) is 4.79 Å². The van der Waals surface area contributed by atoms with Gasteiger partial charge >= 0.3 is 6.61 Å². The molecule has 2 aromatic carbocycles. The van der Waals surface area contributed by atoms with Gasteiger partial charge in [-0.15, -0.1) is 5.10 Å². The average molecular weight is 394 g/mol. The summed E-state index contributed by atoms with van der Waals surface area (Å²) in [5, 5.41) is 10.4. The van der Waals surface area contributed by atoms with Crippen molar-refractivity contribution in [1.29, 1.82) is 0 Å². The molecular weight excluding hydrogens is 384 g/mol. The number of amides is 1. The molecule has 3 rings (SSSR count). The molecule has 0 saturated carbocycles. The SMILES string of the molecule is O=C1Nc2ccc(Br)cc2C1=NN=Cc1ccccc1OC(F)F. The largest absolute Gasteiger partial charge is 0.434 e. The first-order valence-electron chi connectivity index (χ1n) is 6.81. The summed E-state index contributed by atoms with van der Waals surface area (Å²) in [6.07, 6.45) is 1.26. The molecule has 8 heteroatoms. The fourth-order valence-electron chi connectivity index (χ4n) is 2.16. The first kappa shape index (κ1) is 16.3. The molecule has 0 aliphatic carbocycles. The normalized spacial score (nSPS) is 15.2. The van der Waals surface area contributed by atoms with E-state index in [4.69, 9.17) is 0 Å². The van der Waals surface area contributed by atoms with Gasteiger partial charge in [0.2, 0.25) is 0 Å². The van der Waals surface area contributed by atoms with Crippen LogP contribution in [0.4, 0.5) is 14.5 Å². The van der Waals surface area contributed by atoms with Gasteiger partial charge < -0.3 is 10.1 Å². The molecule has 1 aliphatic heterocycles. The summed E-state index contributed by atoms with van der Waals surface area (Å²) in [5.41, 5.74) is 1.73. The van der Waals surface area contributed by atoms with E-state index in [1.807, 2.05) is 0 Å². The Labute approximate surface area is 144 Å². The lowest BCUT2D eigenvalue weighted by atomic mass is 10.1. The highest BCUT2D eigenvalue weighted by Gasteiger charge is 2.26. The molecule has 0 aromatic heterocycles. The molecule has 1 heterocycles. The number of para-hydroxylation sites is 1. The number of nitrogens with one attached hydrogen (secondary N) is 1. The van der Waals surface area contributed by atoms with Crippen LogP contribution in [-0.2, 0) is 4.79 Å². The minimum atomic E-state index is -2.93. The summed E-state index contributed by atoms with van der Waals surface area (Å²) < 4.78 is 29.9. The van der Waals surface area contributed by atoms with Crippen molar-refractivity contribution in [2.24, 2.45) is 10.2 Å². The third-order valence-electron chi connectivity index (χ3n) is 3.19. The van der Waals surface area contributed by atoms with E-state index in [1.165, 1.54) is 12.3 Å². The number of hydrogen-bond donors (Lipinski definition) is 1. The first-order chi connectivity index (χ1) is 11.5. The van der Waals surface area contributed by atoms with E-state index in [0.717, 1.165) is 4.47 Å². The summed E-state index contributed by atoms with van der Waals surface area (Å²) >= 11 is 3.33. The van der Waals surface area contributed by atoms with Gasteiger partial charge in [-0.2, -0.15) is 13.9 Å². The maximum Gasteiger partial charge on any atom is 0.387 e. The van der Waals surface area contributed by atoms with Gasteiger partial charge in [0.1, 0.15) is 5.75 Å². The molecule has 24 heavy (non-hydrogen) atoms. The van der Waals surface area contributed by atoms with Crippen molar-refractivity contribution in [2.75, 3.05) is 5.32 Å². The zero-order valence-electron chi connectivity index (χ0n) is 12.0. The zero-order valence-corrected chi connectivity index (χ0v) is 13.6. The highest BCUT2D eigenvalue weighted by Crippen LogP contribution is 2.27. The topological polar surface area (TPSA) is 63.0 Å². The van der Waals surface area contributed by atoms with E-state index in [1.54, 1.807) is 36.4 Å². The van der Waals surface area contributed by atoms with Crippen molar-refractivity contribution in [3.63, 3.8) is 0 Å².